The Bertz CT molecular complexity index is 390. The van der Waals surface area contributed by atoms with Crippen LogP contribution in [0.15, 0.2) is 30.3 Å². The van der Waals surface area contributed by atoms with E-state index in [1.165, 1.54) is 0 Å². The van der Waals surface area contributed by atoms with Crippen LogP contribution in [0.1, 0.15) is 10.4 Å². The summed E-state index contributed by atoms with van der Waals surface area (Å²) in [6, 6.07) is 8.99. The number of benzene rings is 1. The van der Waals surface area contributed by atoms with Gasteiger partial charge in [-0.15, -0.1) is 0 Å². The molecule has 19 heavy (non-hydrogen) atoms. The maximum Gasteiger partial charge on any atom is 0.338 e. The molecule has 0 unspecified atom stereocenters. The molecule has 0 bridgehead atoms. The maximum absolute atomic E-state index is 11.7. The molecule has 104 valence electrons. The van der Waals surface area contributed by atoms with Gasteiger partial charge in [0.1, 0.15) is 6.61 Å². The Balaban J connectivity index is 1.64. The molecular weight excluding hydrogens is 246 g/mol. The third-order valence-electron chi connectivity index (χ3n) is 2.87. The van der Waals surface area contributed by atoms with Crippen LogP contribution in [0, 0.1) is 0 Å². The Hall–Kier alpha value is -1.43. The van der Waals surface area contributed by atoms with E-state index in [2.05, 4.69) is 0 Å². The Morgan fingerprint density at radius 1 is 1.32 bits per heavy atom. The summed E-state index contributed by atoms with van der Waals surface area (Å²) in [5.41, 5.74) is 0.576. The summed E-state index contributed by atoms with van der Waals surface area (Å²) in [6.45, 7) is 3.00. The third kappa shape index (κ3) is 4.63. The zero-order valence-electron chi connectivity index (χ0n) is 11.1. The standard InChI is InChI=1S/C14H19NO4/c1-15(11-13-17-9-10-18-13)7-8-19-14(16)12-5-3-2-4-6-12/h2-6,13H,7-11H2,1H3. The van der Waals surface area contributed by atoms with Crippen molar-refractivity contribution in [1.82, 2.24) is 4.90 Å². The number of carbonyl (C=O) groups is 1. The number of hydrogen-bond acceptors (Lipinski definition) is 5. The minimum Gasteiger partial charge on any atom is -0.461 e. The maximum atomic E-state index is 11.7. The van der Waals surface area contributed by atoms with Crippen molar-refractivity contribution in [2.45, 2.75) is 6.29 Å². The van der Waals surface area contributed by atoms with Crippen LogP contribution in [0.2, 0.25) is 0 Å². The third-order valence-corrected chi connectivity index (χ3v) is 2.87. The highest BCUT2D eigenvalue weighted by Crippen LogP contribution is 2.05. The van der Waals surface area contributed by atoms with E-state index >= 15 is 0 Å². The average Bonchev–Trinajstić information content (AvgIpc) is 2.92. The van der Waals surface area contributed by atoms with E-state index in [0.29, 0.717) is 38.5 Å². The lowest BCUT2D eigenvalue weighted by Crippen LogP contribution is -2.32. The summed E-state index contributed by atoms with van der Waals surface area (Å²) in [7, 11) is 1.95. The quantitative estimate of drug-likeness (QED) is 0.722. The van der Waals surface area contributed by atoms with Gasteiger partial charge in [-0.2, -0.15) is 0 Å². The Morgan fingerprint density at radius 3 is 2.68 bits per heavy atom. The van der Waals surface area contributed by atoms with Gasteiger partial charge < -0.3 is 14.2 Å². The highest BCUT2D eigenvalue weighted by Gasteiger charge is 2.17. The fraction of sp³-hybridized carbons (Fsp3) is 0.500. The summed E-state index contributed by atoms with van der Waals surface area (Å²) >= 11 is 0. The fourth-order valence-corrected chi connectivity index (χ4v) is 1.81. The molecule has 0 aliphatic carbocycles. The predicted molar refractivity (Wildman–Crippen MR) is 69.9 cm³/mol. The molecular formula is C14H19NO4. The number of ether oxygens (including phenoxy) is 3. The van der Waals surface area contributed by atoms with Crippen LogP contribution in [0.5, 0.6) is 0 Å². The van der Waals surface area contributed by atoms with Crippen molar-refractivity contribution in [3.05, 3.63) is 35.9 Å². The first kappa shape index (κ1) is 14.0. The highest BCUT2D eigenvalue weighted by atomic mass is 16.7. The molecule has 0 saturated carbocycles. The van der Waals surface area contributed by atoms with Gasteiger partial charge in [0.25, 0.3) is 0 Å². The molecule has 2 rings (SSSR count). The van der Waals surface area contributed by atoms with Crippen molar-refractivity contribution in [2.75, 3.05) is 40.0 Å². The van der Waals surface area contributed by atoms with Gasteiger partial charge in [-0.25, -0.2) is 4.79 Å². The molecule has 0 radical (unpaired) electrons. The number of likely N-dealkylation sites (N-methyl/N-ethyl adjacent to an activating group) is 1. The fourth-order valence-electron chi connectivity index (χ4n) is 1.81. The molecule has 0 aromatic heterocycles. The lowest BCUT2D eigenvalue weighted by atomic mass is 10.2. The number of hydrogen-bond donors (Lipinski definition) is 0. The van der Waals surface area contributed by atoms with E-state index in [1.807, 2.05) is 30.1 Å². The van der Waals surface area contributed by atoms with Gasteiger partial charge in [-0.1, -0.05) is 18.2 Å². The molecule has 0 atom stereocenters. The Kier molecular flexibility index (Phi) is 5.32. The summed E-state index contributed by atoms with van der Waals surface area (Å²) in [5.74, 6) is -0.289. The largest absolute Gasteiger partial charge is 0.461 e. The van der Waals surface area contributed by atoms with E-state index in [0.717, 1.165) is 0 Å². The molecule has 1 heterocycles. The first-order valence-electron chi connectivity index (χ1n) is 6.39. The van der Waals surface area contributed by atoms with Crippen LogP contribution < -0.4 is 0 Å². The lowest BCUT2D eigenvalue weighted by molar-refractivity contribution is -0.0597. The molecule has 1 saturated heterocycles. The lowest BCUT2D eigenvalue weighted by Gasteiger charge is -2.19. The molecule has 1 fully saturated rings. The van der Waals surface area contributed by atoms with E-state index in [9.17, 15) is 4.79 Å². The van der Waals surface area contributed by atoms with Crippen LogP contribution in [0.25, 0.3) is 0 Å². The van der Waals surface area contributed by atoms with Crippen molar-refractivity contribution in [3.8, 4) is 0 Å². The molecule has 1 aromatic rings. The normalized spacial score (nSPS) is 15.9. The monoisotopic (exact) mass is 265 g/mol. The SMILES string of the molecule is CN(CCOC(=O)c1ccccc1)CC1OCCO1. The Morgan fingerprint density at radius 2 is 2.00 bits per heavy atom. The second-order valence-corrected chi connectivity index (χ2v) is 4.44. The number of carbonyl (C=O) groups excluding carboxylic acids is 1. The minimum absolute atomic E-state index is 0.158. The predicted octanol–water partition coefficient (Wildman–Crippen LogP) is 1.15. The van der Waals surface area contributed by atoms with E-state index in [1.54, 1.807) is 12.1 Å². The van der Waals surface area contributed by atoms with Gasteiger partial charge in [0.05, 0.1) is 18.8 Å². The van der Waals surface area contributed by atoms with E-state index in [-0.39, 0.29) is 12.3 Å². The topological polar surface area (TPSA) is 48.0 Å². The van der Waals surface area contributed by atoms with E-state index < -0.39 is 0 Å². The number of esters is 1. The van der Waals surface area contributed by atoms with Gasteiger partial charge in [0, 0.05) is 13.1 Å². The van der Waals surface area contributed by atoms with Crippen LogP contribution >= 0.6 is 0 Å². The average molecular weight is 265 g/mol. The van der Waals surface area contributed by atoms with Crippen molar-refractivity contribution in [3.63, 3.8) is 0 Å². The van der Waals surface area contributed by atoms with Crippen molar-refractivity contribution in [2.24, 2.45) is 0 Å². The zero-order chi connectivity index (χ0) is 13.5. The summed E-state index contributed by atoms with van der Waals surface area (Å²) in [4.78, 5) is 13.7. The van der Waals surface area contributed by atoms with Gasteiger partial charge in [0.2, 0.25) is 0 Å². The van der Waals surface area contributed by atoms with Crippen LogP contribution in [-0.4, -0.2) is 57.1 Å². The van der Waals surface area contributed by atoms with Crippen molar-refractivity contribution >= 4 is 5.97 Å². The molecule has 0 spiro atoms. The molecule has 5 nitrogen and oxygen atoms in total. The smallest absolute Gasteiger partial charge is 0.338 e. The molecule has 1 aliphatic rings. The zero-order valence-corrected chi connectivity index (χ0v) is 11.1. The van der Waals surface area contributed by atoms with Gasteiger partial charge >= 0.3 is 5.97 Å². The van der Waals surface area contributed by atoms with Crippen molar-refractivity contribution in [1.29, 1.82) is 0 Å². The summed E-state index contributed by atoms with van der Waals surface area (Å²) < 4.78 is 15.9. The second kappa shape index (κ2) is 7.23. The number of nitrogens with zero attached hydrogens (tertiary/aromatic N) is 1. The van der Waals surface area contributed by atoms with Gasteiger partial charge in [-0.3, -0.25) is 4.90 Å². The first-order valence-corrected chi connectivity index (χ1v) is 6.39. The summed E-state index contributed by atoms with van der Waals surface area (Å²) in [5, 5.41) is 0. The number of rotatable bonds is 6. The van der Waals surface area contributed by atoms with E-state index in [4.69, 9.17) is 14.2 Å². The van der Waals surface area contributed by atoms with Gasteiger partial charge in [0.15, 0.2) is 6.29 Å². The van der Waals surface area contributed by atoms with Gasteiger partial charge in [-0.05, 0) is 19.2 Å². The minimum atomic E-state index is -0.289. The molecule has 5 heteroatoms. The summed E-state index contributed by atoms with van der Waals surface area (Å²) in [6.07, 6.45) is -0.158. The molecule has 0 N–H and O–H groups in total. The molecule has 1 aromatic carbocycles. The van der Waals surface area contributed by atoms with Crippen LogP contribution in [-0.2, 0) is 14.2 Å². The van der Waals surface area contributed by atoms with Crippen LogP contribution in [0.3, 0.4) is 0 Å². The second-order valence-electron chi connectivity index (χ2n) is 4.44. The van der Waals surface area contributed by atoms with Crippen LogP contribution in [0.4, 0.5) is 0 Å². The van der Waals surface area contributed by atoms with Crippen molar-refractivity contribution < 1.29 is 19.0 Å². The first-order chi connectivity index (χ1) is 9.25. The highest BCUT2D eigenvalue weighted by molar-refractivity contribution is 5.89. The Labute approximate surface area is 113 Å². The molecule has 1 aliphatic heterocycles. The molecule has 0 amide bonds.